The largest absolute Gasteiger partial charge is 0.469 e. The first-order chi connectivity index (χ1) is 14.0. The number of Topliss-reactive ketones (excluding diaryl/α,β-unsaturated/α-hetero) is 1. The fraction of sp³-hybridized carbons (Fsp3) is 0.917. The summed E-state index contributed by atoms with van der Waals surface area (Å²) in [4.78, 5) is 23.8. The van der Waals surface area contributed by atoms with E-state index < -0.39 is 41.5 Å². The number of ether oxygens (including phenoxy) is 1. The van der Waals surface area contributed by atoms with Crippen molar-refractivity contribution in [2.75, 3.05) is 7.11 Å². The maximum Gasteiger partial charge on any atom is 0.305 e. The summed E-state index contributed by atoms with van der Waals surface area (Å²) in [5, 5.41) is 0. The van der Waals surface area contributed by atoms with Crippen LogP contribution < -0.4 is 0 Å². The predicted octanol–water partition coefficient (Wildman–Crippen LogP) is 5.61. The van der Waals surface area contributed by atoms with Crippen molar-refractivity contribution in [3.63, 3.8) is 0 Å². The quantitative estimate of drug-likeness (QED) is 0.549. The molecule has 4 fully saturated rings. The highest BCUT2D eigenvalue weighted by molar-refractivity contribution is 5.84. The van der Waals surface area contributed by atoms with Crippen molar-refractivity contribution in [3.05, 3.63) is 0 Å². The zero-order valence-corrected chi connectivity index (χ0v) is 18.6. The Kier molecular flexibility index (Phi) is 5.33. The Morgan fingerprint density at radius 1 is 1.10 bits per heavy atom. The van der Waals surface area contributed by atoms with E-state index in [0.717, 1.165) is 19.3 Å². The van der Waals surface area contributed by atoms with Gasteiger partial charge in [-0.2, -0.15) is 0 Å². The Bertz CT molecular complexity index is 724. The van der Waals surface area contributed by atoms with Crippen LogP contribution in [0.5, 0.6) is 0 Å². The lowest BCUT2D eigenvalue weighted by Crippen LogP contribution is -2.63. The van der Waals surface area contributed by atoms with Crippen molar-refractivity contribution < 1.29 is 27.5 Å². The highest BCUT2D eigenvalue weighted by Crippen LogP contribution is 2.71. The molecule has 4 aliphatic carbocycles. The van der Waals surface area contributed by atoms with Crippen LogP contribution in [0.15, 0.2) is 0 Å². The van der Waals surface area contributed by atoms with Crippen molar-refractivity contribution in [2.24, 2.45) is 46.3 Å². The first-order valence-electron chi connectivity index (χ1n) is 11.6. The molecule has 0 N–H and O–H groups in total. The lowest BCUT2D eigenvalue weighted by Gasteiger charge is -2.62. The minimum absolute atomic E-state index is 0.0899. The van der Waals surface area contributed by atoms with Gasteiger partial charge in [0.15, 0.2) is 12.0 Å². The number of halogens is 3. The fourth-order valence-electron chi connectivity index (χ4n) is 8.43. The standard InChI is InChI=1S/C24H35F3O3/c1-13(11-19(29)30-4)14-5-6-15-20-16(7-9-22(14,15)2)23(3)10-8-18(28)21(25)17(23)12-24(20,26)27/h13-17,20-21H,5-12H2,1-4H3/t13-,14-,15?,16?,17-,20?,21-,22-,23-/m1/s1. The molecule has 0 spiro atoms. The van der Waals surface area contributed by atoms with Crippen LogP contribution in [0.2, 0.25) is 0 Å². The van der Waals surface area contributed by atoms with Gasteiger partial charge in [-0.25, -0.2) is 13.2 Å². The second-order valence-corrected chi connectivity index (χ2v) is 11.2. The Morgan fingerprint density at radius 2 is 1.77 bits per heavy atom. The Morgan fingerprint density at radius 3 is 2.43 bits per heavy atom. The van der Waals surface area contributed by atoms with Crippen LogP contribution in [-0.4, -0.2) is 31.0 Å². The minimum Gasteiger partial charge on any atom is -0.469 e. The van der Waals surface area contributed by atoms with Crippen LogP contribution in [0.3, 0.4) is 0 Å². The normalized spacial score (nSPS) is 48.3. The minimum atomic E-state index is -2.95. The van der Waals surface area contributed by atoms with Gasteiger partial charge in [-0.3, -0.25) is 9.59 Å². The van der Waals surface area contributed by atoms with Gasteiger partial charge in [0.2, 0.25) is 0 Å². The number of alkyl halides is 3. The third-order valence-corrected chi connectivity index (χ3v) is 9.99. The molecule has 0 aliphatic heterocycles. The highest BCUT2D eigenvalue weighted by atomic mass is 19.3. The number of carbonyl (C=O) groups is 2. The van der Waals surface area contributed by atoms with E-state index in [4.69, 9.17) is 4.74 Å². The Hall–Kier alpha value is -1.07. The maximum absolute atomic E-state index is 15.6. The maximum atomic E-state index is 15.6. The molecule has 0 amide bonds. The summed E-state index contributed by atoms with van der Waals surface area (Å²) < 4.78 is 50.9. The number of esters is 1. The Labute approximate surface area is 177 Å². The second kappa shape index (κ2) is 7.23. The highest BCUT2D eigenvalue weighted by Gasteiger charge is 2.69. The molecule has 3 unspecified atom stereocenters. The van der Waals surface area contributed by atoms with Gasteiger partial charge in [-0.05, 0) is 66.6 Å². The molecule has 4 rings (SSSR count). The summed E-state index contributed by atoms with van der Waals surface area (Å²) in [6, 6.07) is 0. The number of ketones is 1. The smallest absolute Gasteiger partial charge is 0.305 e. The zero-order chi connectivity index (χ0) is 22.1. The number of fused-ring (bicyclic) bond motifs is 5. The fourth-order valence-corrected chi connectivity index (χ4v) is 8.43. The SMILES string of the molecule is COC(=O)C[C@@H](C)[C@H]1CCC2C3C(CC[C@@]21C)[C@@]1(C)CCC(=O)[C@H](F)[C@H]1CC3(F)F. The number of rotatable bonds is 3. The number of methoxy groups -OCH3 is 1. The summed E-state index contributed by atoms with van der Waals surface area (Å²) in [5.74, 6) is -5.38. The molecule has 170 valence electrons. The van der Waals surface area contributed by atoms with Crippen LogP contribution in [0, 0.1) is 46.3 Å². The van der Waals surface area contributed by atoms with E-state index in [0.29, 0.717) is 19.3 Å². The molecule has 4 aliphatic rings. The van der Waals surface area contributed by atoms with Gasteiger partial charge in [-0.1, -0.05) is 20.8 Å². The summed E-state index contributed by atoms with van der Waals surface area (Å²) in [6.07, 6.45) is 1.84. The topological polar surface area (TPSA) is 43.4 Å². The van der Waals surface area contributed by atoms with Gasteiger partial charge in [0, 0.05) is 31.1 Å². The molecule has 0 heterocycles. The van der Waals surface area contributed by atoms with Crippen LogP contribution in [0.4, 0.5) is 13.2 Å². The van der Waals surface area contributed by atoms with Gasteiger partial charge in [0.05, 0.1) is 7.11 Å². The molecule has 0 radical (unpaired) electrons. The van der Waals surface area contributed by atoms with Crippen LogP contribution in [0.1, 0.15) is 72.1 Å². The average molecular weight is 429 g/mol. The molecular formula is C24H35F3O3. The average Bonchev–Trinajstić information content (AvgIpc) is 3.03. The van der Waals surface area contributed by atoms with Crippen molar-refractivity contribution >= 4 is 11.8 Å². The van der Waals surface area contributed by atoms with Crippen molar-refractivity contribution in [2.45, 2.75) is 84.2 Å². The zero-order valence-electron chi connectivity index (χ0n) is 18.6. The van der Waals surface area contributed by atoms with Crippen LogP contribution >= 0.6 is 0 Å². The van der Waals surface area contributed by atoms with E-state index >= 15 is 8.78 Å². The van der Waals surface area contributed by atoms with E-state index in [1.54, 1.807) is 0 Å². The molecular weight excluding hydrogens is 393 g/mol. The first kappa shape index (κ1) is 22.1. The molecule has 6 heteroatoms. The van der Waals surface area contributed by atoms with Gasteiger partial charge in [-0.15, -0.1) is 0 Å². The van der Waals surface area contributed by atoms with Crippen LogP contribution in [0.25, 0.3) is 0 Å². The summed E-state index contributed by atoms with van der Waals surface area (Å²) in [6.45, 7) is 6.16. The monoisotopic (exact) mass is 428 g/mol. The number of carbonyl (C=O) groups excluding carboxylic acids is 2. The van der Waals surface area contributed by atoms with E-state index in [2.05, 4.69) is 6.92 Å². The number of hydrogen-bond acceptors (Lipinski definition) is 3. The van der Waals surface area contributed by atoms with Gasteiger partial charge < -0.3 is 4.74 Å². The van der Waals surface area contributed by atoms with Crippen LogP contribution in [-0.2, 0) is 14.3 Å². The predicted molar refractivity (Wildman–Crippen MR) is 107 cm³/mol. The van der Waals surface area contributed by atoms with E-state index in [-0.39, 0.29) is 41.5 Å². The molecule has 0 saturated heterocycles. The van der Waals surface area contributed by atoms with E-state index in [9.17, 15) is 14.0 Å². The molecule has 4 saturated carbocycles. The van der Waals surface area contributed by atoms with Crippen molar-refractivity contribution in [1.29, 1.82) is 0 Å². The lowest BCUT2D eigenvalue weighted by molar-refractivity contribution is -0.239. The molecule has 0 bridgehead atoms. The summed E-state index contributed by atoms with van der Waals surface area (Å²) in [7, 11) is 1.38. The summed E-state index contributed by atoms with van der Waals surface area (Å²) in [5.41, 5.74) is -0.766. The third-order valence-electron chi connectivity index (χ3n) is 9.99. The van der Waals surface area contributed by atoms with E-state index in [1.165, 1.54) is 7.11 Å². The first-order valence-corrected chi connectivity index (χ1v) is 11.6. The van der Waals surface area contributed by atoms with Gasteiger partial charge >= 0.3 is 5.97 Å². The van der Waals surface area contributed by atoms with Gasteiger partial charge in [0.1, 0.15) is 0 Å². The summed E-state index contributed by atoms with van der Waals surface area (Å²) >= 11 is 0. The Balaban J connectivity index is 1.64. The lowest BCUT2D eigenvalue weighted by atomic mass is 9.43. The van der Waals surface area contributed by atoms with Gasteiger partial charge in [0.25, 0.3) is 5.92 Å². The molecule has 9 atom stereocenters. The molecule has 3 nitrogen and oxygen atoms in total. The second-order valence-electron chi connectivity index (χ2n) is 11.2. The number of hydrogen-bond donors (Lipinski definition) is 0. The molecule has 0 aromatic carbocycles. The van der Waals surface area contributed by atoms with Crippen molar-refractivity contribution in [3.8, 4) is 0 Å². The molecule has 0 aromatic rings. The van der Waals surface area contributed by atoms with Crippen molar-refractivity contribution in [1.82, 2.24) is 0 Å². The van der Waals surface area contributed by atoms with E-state index in [1.807, 2.05) is 13.8 Å². The molecule has 30 heavy (non-hydrogen) atoms. The molecule has 0 aromatic heterocycles. The third kappa shape index (κ3) is 3.06.